The topological polar surface area (TPSA) is 3.24 Å². The van der Waals surface area contributed by atoms with E-state index >= 15 is 0 Å². The molecule has 0 bridgehead atoms. The van der Waals surface area contributed by atoms with Crippen LogP contribution in [0.25, 0.3) is 0 Å². The lowest BCUT2D eigenvalue weighted by atomic mass is 10.0. The van der Waals surface area contributed by atoms with Gasteiger partial charge in [0.05, 0.1) is 11.1 Å². The van der Waals surface area contributed by atoms with Crippen LogP contribution < -0.4 is 0 Å². The molecule has 1 aromatic rings. The van der Waals surface area contributed by atoms with E-state index in [9.17, 15) is 26.3 Å². The van der Waals surface area contributed by atoms with Crippen LogP contribution in [0.15, 0.2) is 31.0 Å². The molecule has 0 saturated heterocycles. The minimum absolute atomic E-state index is 0.0505. The summed E-state index contributed by atoms with van der Waals surface area (Å²) in [6, 6.07) is 1.60. The van der Waals surface area contributed by atoms with Gasteiger partial charge in [-0.1, -0.05) is 13.5 Å². The average Bonchev–Trinajstić information content (AvgIpc) is 2.35. The number of nitrogens with zero attached hydrogens (tertiary/aromatic N) is 1. The molecule has 21 heavy (non-hydrogen) atoms. The standard InChI is InChI=1S/C14H15F6N/c1-3-5-21(4-2)9-10-6-11(13(15,16)17)8-12(7-10)14(18,19)20/h4,6-8H,2-3,5,9H2,1H3. The highest BCUT2D eigenvalue weighted by molar-refractivity contribution is 5.33. The maximum absolute atomic E-state index is 12.7. The highest BCUT2D eigenvalue weighted by atomic mass is 19.4. The van der Waals surface area contributed by atoms with E-state index in [-0.39, 0.29) is 18.2 Å². The van der Waals surface area contributed by atoms with Gasteiger partial charge in [-0.15, -0.1) is 0 Å². The summed E-state index contributed by atoms with van der Waals surface area (Å²) in [6.07, 6.45) is -7.53. The Kier molecular flexibility index (Phi) is 5.31. The Hall–Kier alpha value is -1.66. The minimum Gasteiger partial charge on any atom is -0.374 e. The zero-order valence-corrected chi connectivity index (χ0v) is 11.4. The summed E-state index contributed by atoms with van der Waals surface area (Å²) in [5.41, 5.74) is -2.65. The van der Waals surface area contributed by atoms with Gasteiger partial charge in [0, 0.05) is 13.1 Å². The van der Waals surface area contributed by atoms with Crippen LogP contribution in [-0.2, 0) is 18.9 Å². The maximum Gasteiger partial charge on any atom is 0.416 e. The van der Waals surface area contributed by atoms with Gasteiger partial charge in [-0.2, -0.15) is 26.3 Å². The Morgan fingerprint density at radius 1 is 1.00 bits per heavy atom. The summed E-state index contributed by atoms with van der Waals surface area (Å²) >= 11 is 0. The van der Waals surface area contributed by atoms with Crippen LogP contribution in [0.3, 0.4) is 0 Å². The first kappa shape index (κ1) is 17.4. The Morgan fingerprint density at radius 2 is 1.48 bits per heavy atom. The number of halogens is 6. The molecule has 0 aliphatic heterocycles. The van der Waals surface area contributed by atoms with Gasteiger partial charge in [0.15, 0.2) is 0 Å². The van der Waals surface area contributed by atoms with E-state index in [4.69, 9.17) is 0 Å². The Balaban J connectivity index is 3.22. The van der Waals surface area contributed by atoms with Gasteiger partial charge in [0.1, 0.15) is 0 Å². The van der Waals surface area contributed by atoms with Gasteiger partial charge < -0.3 is 4.90 Å². The predicted molar refractivity (Wildman–Crippen MR) is 67.3 cm³/mol. The van der Waals surface area contributed by atoms with Gasteiger partial charge in [-0.25, -0.2) is 0 Å². The largest absolute Gasteiger partial charge is 0.416 e. The molecule has 0 heterocycles. The Morgan fingerprint density at radius 3 is 1.81 bits per heavy atom. The van der Waals surface area contributed by atoms with E-state index < -0.39 is 23.5 Å². The van der Waals surface area contributed by atoms with E-state index in [0.717, 1.165) is 12.1 Å². The van der Waals surface area contributed by atoms with Crippen molar-refractivity contribution in [2.24, 2.45) is 0 Å². The van der Waals surface area contributed by atoms with Crippen molar-refractivity contribution in [3.8, 4) is 0 Å². The highest BCUT2D eigenvalue weighted by Gasteiger charge is 2.36. The molecule has 0 amide bonds. The lowest BCUT2D eigenvalue weighted by Crippen LogP contribution is -2.19. The third kappa shape index (κ3) is 4.99. The predicted octanol–water partition coefficient (Wildman–Crippen LogP) is 5.08. The number of rotatable bonds is 5. The van der Waals surface area contributed by atoms with Crippen molar-refractivity contribution in [2.45, 2.75) is 32.2 Å². The van der Waals surface area contributed by atoms with Crippen LogP contribution in [-0.4, -0.2) is 11.4 Å². The van der Waals surface area contributed by atoms with Crippen molar-refractivity contribution < 1.29 is 26.3 Å². The van der Waals surface area contributed by atoms with E-state index in [1.807, 2.05) is 6.92 Å². The van der Waals surface area contributed by atoms with E-state index in [1.165, 1.54) is 6.20 Å². The van der Waals surface area contributed by atoms with Crippen LogP contribution in [0, 0.1) is 0 Å². The van der Waals surface area contributed by atoms with E-state index in [1.54, 1.807) is 4.90 Å². The van der Waals surface area contributed by atoms with Gasteiger partial charge >= 0.3 is 12.4 Å². The SMILES string of the molecule is C=CN(CCC)Cc1cc(C(F)(F)F)cc(C(F)(F)F)c1. The molecule has 0 aromatic heterocycles. The monoisotopic (exact) mass is 311 g/mol. The number of alkyl halides is 6. The molecular weight excluding hydrogens is 296 g/mol. The first-order valence-electron chi connectivity index (χ1n) is 6.23. The first-order chi connectivity index (χ1) is 9.57. The summed E-state index contributed by atoms with van der Waals surface area (Å²) in [5, 5.41) is 0. The van der Waals surface area contributed by atoms with Crippen molar-refractivity contribution in [2.75, 3.05) is 6.54 Å². The van der Waals surface area contributed by atoms with Crippen LogP contribution in [0.5, 0.6) is 0 Å². The minimum atomic E-state index is -4.82. The number of hydrogen-bond acceptors (Lipinski definition) is 1. The zero-order valence-electron chi connectivity index (χ0n) is 11.4. The van der Waals surface area contributed by atoms with E-state index in [2.05, 4.69) is 6.58 Å². The summed E-state index contributed by atoms with van der Waals surface area (Å²) in [5.74, 6) is 0. The van der Waals surface area contributed by atoms with Gasteiger partial charge in [-0.05, 0) is 36.4 Å². The lowest BCUT2D eigenvalue weighted by Gasteiger charge is -2.21. The van der Waals surface area contributed by atoms with Crippen molar-refractivity contribution >= 4 is 0 Å². The number of benzene rings is 1. The molecule has 0 atom stereocenters. The molecule has 0 unspecified atom stereocenters. The molecule has 118 valence electrons. The van der Waals surface area contributed by atoms with Gasteiger partial charge in [0.2, 0.25) is 0 Å². The second-order valence-corrected chi connectivity index (χ2v) is 4.57. The van der Waals surface area contributed by atoms with Gasteiger partial charge in [-0.3, -0.25) is 0 Å². The normalized spacial score (nSPS) is 12.3. The zero-order chi connectivity index (χ0) is 16.3. The molecular formula is C14H15F6N. The van der Waals surface area contributed by atoms with E-state index in [0.29, 0.717) is 13.0 Å². The average molecular weight is 311 g/mol. The smallest absolute Gasteiger partial charge is 0.374 e. The fourth-order valence-corrected chi connectivity index (χ4v) is 1.87. The second-order valence-electron chi connectivity index (χ2n) is 4.57. The summed E-state index contributed by atoms with van der Waals surface area (Å²) in [4.78, 5) is 1.57. The summed E-state index contributed by atoms with van der Waals surface area (Å²) in [7, 11) is 0. The van der Waals surface area contributed by atoms with Crippen LogP contribution in [0.2, 0.25) is 0 Å². The molecule has 0 aliphatic rings. The van der Waals surface area contributed by atoms with Crippen LogP contribution >= 0.6 is 0 Å². The fraction of sp³-hybridized carbons (Fsp3) is 0.429. The van der Waals surface area contributed by atoms with Crippen molar-refractivity contribution in [1.82, 2.24) is 4.90 Å². The van der Waals surface area contributed by atoms with Crippen molar-refractivity contribution in [3.63, 3.8) is 0 Å². The Labute approximate surface area is 118 Å². The molecule has 0 N–H and O–H groups in total. The third-order valence-corrected chi connectivity index (χ3v) is 2.80. The first-order valence-corrected chi connectivity index (χ1v) is 6.23. The fourth-order valence-electron chi connectivity index (χ4n) is 1.87. The Bertz CT molecular complexity index is 457. The van der Waals surface area contributed by atoms with Gasteiger partial charge in [0.25, 0.3) is 0 Å². The maximum atomic E-state index is 12.7. The molecule has 7 heteroatoms. The summed E-state index contributed by atoms with van der Waals surface area (Å²) < 4.78 is 76.2. The molecule has 0 spiro atoms. The quantitative estimate of drug-likeness (QED) is 0.685. The van der Waals surface area contributed by atoms with Crippen LogP contribution in [0.1, 0.15) is 30.0 Å². The molecule has 0 fully saturated rings. The molecule has 0 radical (unpaired) electrons. The number of hydrogen-bond donors (Lipinski definition) is 0. The molecule has 0 aliphatic carbocycles. The molecule has 0 saturated carbocycles. The summed E-state index contributed by atoms with van der Waals surface area (Å²) in [6.45, 7) is 5.80. The highest BCUT2D eigenvalue weighted by Crippen LogP contribution is 2.36. The second kappa shape index (κ2) is 6.41. The molecule has 1 rings (SSSR count). The lowest BCUT2D eigenvalue weighted by molar-refractivity contribution is -0.143. The van der Waals surface area contributed by atoms with Crippen molar-refractivity contribution in [1.29, 1.82) is 0 Å². The molecule has 1 aromatic carbocycles. The molecule has 1 nitrogen and oxygen atoms in total. The van der Waals surface area contributed by atoms with Crippen molar-refractivity contribution in [3.05, 3.63) is 47.7 Å². The third-order valence-electron chi connectivity index (χ3n) is 2.80. The van der Waals surface area contributed by atoms with Crippen LogP contribution in [0.4, 0.5) is 26.3 Å².